The molecule has 3 heterocycles. The third-order valence-corrected chi connectivity index (χ3v) is 3.49. The van der Waals surface area contributed by atoms with Crippen LogP contribution < -0.4 is 10.2 Å². The van der Waals surface area contributed by atoms with E-state index in [4.69, 9.17) is 0 Å². The molecule has 0 radical (unpaired) electrons. The molecule has 0 saturated carbocycles. The largest absolute Gasteiger partial charge is 0.356 e. The maximum absolute atomic E-state index is 12.4. The van der Waals surface area contributed by atoms with Crippen molar-refractivity contribution in [3.63, 3.8) is 0 Å². The van der Waals surface area contributed by atoms with Crippen LogP contribution in [0.3, 0.4) is 0 Å². The van der Waals surface area contributed by atoms with E-state index in [1.165, 1.54) is 12.6 Å². The van der Waals surface area contributed by atoms with E-state index in [1.54, 1.807) is 30.7 Å². The monoisotopic (exact) mass is 283 g/mol. The Bertz CT molecular complexity index is 610. The van der Waals surface area contributed by atoms with Gasteiger partial charge in [-0.3, -0.25) is 9.78 Å². The molecule has 0 aromatic carbocycles. The Balaban J connectivity index is 1.82. The summed E-state index contributed by atoms with van der Waals surface area (Å²) in [6.45, 7) is 1.89. The number of piperidine rings is 1. The highest BCUT2D eigenvalue weighted by Crippen LogP contribution is 2.22. The molecule has 1 N–H and O–H groups in total. The molecule has 1 saturated heterocycles. The average molecular weight is 283 g/mol. The van der Waals surface area contributed by atoms with Crippen molar-refractivity contribution in [2.24, 2.45) is 0 Å². The van der Waals surface area contributed by atoms with Crippen LogP contribution in [0.4, 0.5) is 11.6 Å². The number of pyridine rings is 1. The van der Waals surface area contributed by atoms with Gasteiger partial charge in [-0.15, -0.1) is 0 Å². The second-order valence-corrected chi connectivity index (χ2v) is 4.97. The zero-order valence-electron chi connectivity index (χ0n) is 11.7. The lowest BCUT2D eigenvalue weighted by molar-refractivity contribution is 0.102. The molecule has 3 rings (SSSR count). The first kappa shape index (κ1) is 13.5. The molecule has 1 amide bonds. The molecule has 6 nitrogen and oxygen atoms in total. The minimum atomic E-state index is -0.204. The van der Waals surface area contributed by atoms with E-state index < -0.39 is 0 Å². The van der Waals surface area contributed by atoms with Crippen LogP contribution in [0.2, 0.25) is 0 Å². The molecule has 0 spiro atoms. The van der Waals surface area contributed by atoms with Crippen molar-refractivity contribution in [3.8, 4) is 0 Å². The van der Waals surface area contributed by atoms with E-state index in [9.17, 15) is 4.79 Å². The van der Waals surface area contributed by atoms with Gasteiger partial charge in [-0.05, 0) is 31.4 Å². The van der Waals surface area contributed by atoms with Gasteiger partial charge in [-0.1, -0.05) is 0 Å². The molecule has 0 aliphatic carbocycles. The van der Waals surface area contributed by atoms with Crippen LogP contribution in [0.5, 0.6) is 0 Å². The molecule has 0 bridgehead atoms. The zero-order chi connectivity index (χ0) is 14.5. The Kier molecular flexibility index (Phi) is 4.04. The van der Waals surface area contributed by atoms with Gasteiger partial charge in [0.2, 0.25) is 0 Å². The fourth-order valence-corrected chi connectivity index (χ4v) is 2.48. The summed E-state index contributed by atoms with van der Waals surface area (Å²) in [7, 11) is 0. The summed E-state index contributed by atoms with van der Waals surface area (Å²) in [5, 5.41) is 2.76. The second kappa shape index (κ2) is 6.30. The molecule has 0 unspecified atom stereocenters. The SMILES string of the molecule is O=C(Nc1cnccn1)c1cccnc1N1CCCCC1. The molecular formula is C15H17N5O. The van der Waals surface area contributed by atoms with Crippen LogP contribution in [-0.4, -0.2) is 33.9 Å². The summed E-state index contributed by atoms with van der Waals surface area (Å²) < 4.78 is 0. The van der Waals surface area contributed by atoms with Crippen molar-refractivity contribution >= 4 is 17.5 Å². The molecule has 2 aromatic rings. The highest BCUT2D eigenvalue weighted by atomic mass is 16.1. The lowest BCUT2D eigenvalue weighted by atomic mass is 10.1. The molecule has 1 aliphatic heterocycles. The van der Waals surface area contributed by atoms with Crippen LogP contribution in [0.15, 0.2) is 36.9 Å². The number of carbonyl (C=O) groups is 1. The number of anilines is 2. The first-order valence-electron chi connectivity index (χ1n) is 7.12. The van der Waals surface area contributed by atoms with Crippen LogP contribution in [0.1, 0.15) is 29.6 Å². The second-order valence-electron chi connectivity index (χ2n) is 4.97. The van der Waals surface area contributed by atoms with Gasteiger partial charge in [-0.25, -0.2) is 9.97 Å². The van der Waals surface area contributed by atoms with Crippen LogP contribution in [0.25, 0.3) is 0 Å². The number of hydrogen-bond acceptors (Lipinski definition) is 5. The van der Waals surface area contributed by atoms with Crippen molar-refractivity contribution < 1.29 is 4.79 Å². The number of carbonyl (C=O) groups excluding carboxylic acids is 1. The minimum Gasteiger partial charge on any atom is -0.356 e. The molecule has 1 aliphatic rings. The van der Waals surface area contributed by atoms with E-state index in [-0.39, 0.29) is 5.91 Å². The number of nitrogens with zero attached hydrogens (tertiary/aromatic N) is 4. The fraction of sp³-hybridized carbons (Fsp3) is 0.333. The van der Waals surface area contributed by atoms with Crippen molar-refractivity contribution in [1.29, 1.82) is 0 Å². The van der Waals surface area contributed by atoms with E-state index in [0.29, 0.717) is 11.4 Å². The Morgan fingerprint density at radius 3 is 2.71 bits per heavy atom. The maximum atomic E-state index is 12.4. The van der Waals surface area contributed by atoms with Crippen molar-refractivity contribution in [3.05, 3.63) is 42.5 Å². The summed E-state index contributed by atoms with van der Waals surface area (Å²) in [6.07, 6.45) is 9.88. The quantitative estimate of drug-likeness (QED) is 0.934. The molecule has 108 valence electrons. The normalized spacial score (nSPS) is 14.8. The zero-order valence-corrected chi connectivity index (χ0v) is 11.7. The number of rotatable bonds is 3. The molecular weight excluding hydrogens is 266 g/mol. The number of amides is 1. The van der Waals surface area contributed by atoms with Gasteiger partial charge in [-0.2, -0.15) is 0 Å². The third kappa shape index (κ3) is 3.16. The highest BCUT2D eigenvalue weighted by Gasteiger charge is 2.19. The lowest BCUT2D eigenvalue weighted by Gasteiger charge is -2.29. The highest BCUT2D eigenvalue weighted by molar-refractivity contribution is 6.07. The number of nitrogens with one attached hydrogen (secondary N) is 1. The van der Waals surface area contributed by atoms with E-state index in [0.717, 1.165) is 31.7 Å². The van der Waals surface area contributed by atoms with E-state index in [2.05, 4.69) is 25.2 Å². The molecule has 6 heteroatoms. The summed E-state index contributed by atoms with van der Waals surface area (Å²) in [5.74, 6) is 0.985. The Morgan fingerprint density at radius 2 is 1.95 bits per heavy atom. The fourth-order valence-electron chi connectivity index (χ4n) is 2.48. The minimum absolute atomic E-state index is 0.204. The van der Waals surface area contributed by atoms with E-state index >= 15 is 0 Å². The average Bonchev–Trinajstić information content (AvgIpc) is 2.56. The van der Waals surface area contributed by atoms with Crippen molar-refractivity contribution in [2.75, 3.05) is 23.3 Å². The standard InChI is InChI=1S/C15H17N5O/c21-15(19-13-11-16-7-8-17-13)12-5-4-6-18-14(12)20-9-2-1-3-10-20/h4-8,11H,1-3,9-10H2,(H,17,19,21). The molecule has 1 fully saturated rings. The van der Waals surface area contributed by atoms with Gasteiger partial charge in [0, 0.05) is 31.7 Å². The van der Waals surface area contributed by atoms with Crippen LogP contribution in [0, 0.1) is 0 Å². The molecule has 2 aromatic heterocycles. The molecule has 0 atom stereocenters. The van der Waals surface area contributed by atoms with Gasteiger partial charge in [0.05, 0.1) is 11.8 Å². The number of aromatic nitrogens is 3. The van der Waals surface area contributed by atoms with Gasteiger partial charge >= 0.3 is 0 Å². The first-order valence-corrected chi connectivity index (χ1v) is 7.12. The van der Waals surface area contributed by atoms with Gasteiger partial charge in [0.1, 0.15) is 5.82 Å². The molecule has 21 heavy (non-hydrogen) atoms. The topological polar surface area (TPSA) is 71.0 Å². The summed E-state index contributed by atoms with van der Waals surface area (Å²) >= 11 is 0. The third-order valence-electron chi connectivity index (χ3n) is 3.49. The van der Waals surface area contributed by atoms with Crippen molar-refractivity contribution in [1.82, 2.24) is 15.0 Å². The van der Waals surface area contributed by atoms with Gasteiger partial charge in [0.15, 0.2) is 5.82 Å². The van der Waals surface area contributed by atoms with Gasteiger partial charge < -0.3 is 10.2 Å². The predicted octanol–water partition coefficient (Wildman–Crippen LogP) is 2.11. The van der Waals surface area contributed by atoms with Gasteiger partial charge in [0.25, 0.3) is 5.91 Å². The Hall–Kier alpha value is -2.50. The summed E-state index contributed by atoms with van der Waals surface area (Å²) in [6, 6.07) is 3.57. The Morgan fingerprint density at radius 1 is 1.10 bits per heavy atom. The van der Waals surface area contributed by atoms with Crippen LogP contribution in [-0.2, 0) is 0 Å². The maximum Gasteiger partial charge on any atom is 0.260 e. The van der Waals surface area contributed by atoms with Crippen LogP contribution >= 0.6 is 0 Å². The lowest BCUT2D eigenvalue weighted by Crippen LogP contribution is -2.32. The van der Waals surface area contributed by atoms with Crippen molar-refractivity contribution in [2.45, 2.75) is 19.3 Å². The van der Waals surface area contributed by atoms with E-state index in [1.807, 2.05) is 0 Å². The number of hydrogen-bond donors (Lipinski definition) is 1. The Labute approximate surface area is 123 Å². The summed E-state index contributed by atoms with van der Waals surface area (Å²) in [5.41, 5.74) is 0.574. The first-order chi connectivity index (χ1) is 10.3. The summed E-state index contributed by atoms with van der Waals surface area (Å²) in [4.78, 5) is 27.0. The predicted molar refractivity (Wildman–Crippen MR) is 80.3 cm³/mol. The smallest absolute Gasteiger partial charge is 0.260 e.